The van der Waals surface area contributed by atoms with Gasteiger partial charge in [0.25, 0.3) is 5.91 Å². The molecule has 0 atom stereocenters. The normalized spacial score (nSPS) is 10.9. The van der Waals surface area contributed by atoms with Gasteiger partial charge in [0.2, 0.25) is 0 Å². The van der Waals surface area contributed by atoms with Crippen molar-refractivity contribution in [3.05, 3.63) is 90.5 Å². The molecule has 5 aromatic rings. The Labute approximate surface area is 203 Å². The van der Waals surface area contributed by atoms with Gasteiger partial charge in [-0.2, -0.15) is 0 Å². The smallest absolute Gasteiger partial charge is 0.260 e. The van der Waals surface area contributed by atoms with E-state index in [0.29, 0.717) is 12.1 Å². The maximum Gasteiger partial charge on any atom is 0.260 e. The fraction of sp³-hybridized carbons (Fsp3) is 0.192. The Kier molecular flexibility index (Phi) is 7.06. The number of rotatable bonds is 7. The fourth-order valence-electron chi connectivity index (χ4n) is 3.99. The summed E-state index contributed by atoms with van der Waals surface area (Å²) in [6, 6.07) is 20.3. The molecule has 0 aliphatic carbocycles. The summed E-state index contributed by atoms with van der Waals surface area (Å²) >= 11 is 1.58. The summed E-state index contributed by atoms with van der Waals surface area (Å²) in [6.45, 7) is 3.52. The molecule has 5 nitrogen and oxygen atoms in total. The van der Waals surface area contributed by atoms with E-state index in [2.05, 4.69) is 36.2 Å². The molecule has 2 aromatic heterocycles. The van der Waals surface area contributed by atoms with E-state index in [-0.39, 0.29) is 18.3 Å². The van der Waals surface area contributed by atoms with E-state index < -0.39 is 0 Å². The van der Waals surface area contributed by atoms with Crippen LogP contribution in [0.4, 0.5) is 5.13 Å². The van der Waals surface area contributed by atoms with Crippen LogP contribution >= 0.6 is 23.7 Å². The van der Waals surface area contributed by atoms with Crippen molar-refractivity contribution in [2.24, 2.45) is 0 Å². The third-order valence-electron chi connectivity index (χ3n) is 5.70. The van der Waals surface area contributed by atoms with Gasteiger partial charge in [-0.15, -0.1) is 12.4 Å². The molecule has 0 aliphatic heterocycles. The lowest BCUT2D eigenvalue weighted by Crippen LogP contribution is -2.32. The van der Waals surface area contributed by atoms with Gasteiger partial charge in [0.1, 0.15) is 0 Å². The molecule has 0 spiro atoms. The molecule has 2 heterocycles. The Balaban J connectivity index is 0.00000259. The number of amides is 1. The molecule has 0 unspecified atom stereocenters. The molecular weight excluding hydrogens is 452 g/mol. The Bertz CT molecular complexity index is 1380. The number of halogens is 1. The van der Waals surface area contributed by atoms with Crippen LogP contribution < -0.4 is 4.90 Å². The lowest BCUT2D eigenvalue weighted by Gasteiger charge is -2.20. The lowest BCUT2D eigenvalue weighted by atomic mass is 10.1. The number of hydrogen-bond donors (Lipinski definition) is 0. The molecule has 168 valence electrons. The molecule has 0 bridgehead atoms. The van der Waals surface area contributed by atoms with Crippen LogP contribution in [-0.2, 0) is 13.0 Å². The summed E-state index contributed by atoms with van der Waals surface area (Å²) in [5.41, 5.74) is 2.89. The lowest BCUT2D eigenvalue weighted by molar-refractivity contribution is 0.0986. The quantitative estimate of drug-likeness (QED) is 0.274. The van der Waals surface area contributed by atoms with Crippen molar-refractivity contribution < 1.29 is 4.79 Å². The zero-order valence-electron chi connectivity index (χ0n) is 18.3. The number of hydrogen-bond acceptors (Lipinski definition) is 4. The van der Waals surface area contributed by atoms with Crippen molar-refractivity contribution >= 4 is 55.8 Å². The Morgan fingerprint density at radius 2 is 1.91 bits per heavy atom. The van der Waals surface area contributed by atoms with Crippen molar-refractivity contribution in [1.82, 2.24) is 14.5 Å². The topological polar surface area (TPSA) is 51.0 Å². The van der Waals surface area contributed by atoms with Gasteiger partial charge in [-0.05, 0) is 47.4 Å². The van der Waals surface area contributed by atoms with Crippen LogP contribution in [-0.4, -0.2) is 27.0 Å². The van der Waals surface area contributed by atoms with E-state index in [9.17, 15) is 4.79 Å². The highest BCUT2D eigenvalue weighted by molar-refractivity contribution is 7.22. The number of fused-ring (bicyclic) bond motifs is 2. The highest BCUT2D eigenvalue weighted by Gasteiger charge is 2.22. The molecule has 0 fully saturated rings. The number of benzene rings is 3. The molecular formula is C26H25ClN4OS. The predicted octanol–water partition coefficient (Wildman–Crippen LogP) is 6.37. The second-order valence-electron chi connectivity index (χ2n) is 7.79. The van der Waals surface area contributed by atoms with Crippen LogP contribution in [0.15, 0.2) is 79.4 Å². The molecule has 0 aliphatic rings. The molecule has 3 aromatic carbocycles. The van der Waals surface area contributed by atoms with Crippen LogP contribution in [0, 0.1) is 0 Å². The average Bonchev–Trinajstić information content (AvgIpc) is 3.50. The maximum atomic E-state index is 13.7. The minimum absolute atomic E-state index is 0. The van der Waals surface area contributed by atoms with E-state index in [0.717, 1.165) is 45.5 Å². The van der Waals surface area contributed by atoms with Crippen LogP contribution in [0.2, 0.25) is 0 Å². The fourth-order valence-corrected chi connectivity index (χ4v) is 5.03. The van der Waals surface area contributed by atoms with Gasteiger partial charge in [-0.3, -0.25) is 9.69 Å². The molecule has 0 saturated heterocycles. The molecule has 1 amide bonds. The van der Waals surface area contributed by atoms with E-state index in [1.807, 2.05) is 52.1 Å². The minimum atomic E-state index is -0.0153. The van der Waals surface area contributed by atoms with Gasteiger partial charge >= 0.3 is 0 Å². The molecule has 0 saturated carbocycles. The molecule has 0 N–H and O–H groups in total. The van der Waals surface area contributed by atoms with Gasteiger partial charge in [0.05, 0.1) is 16.5 Å². The number of carbonyl (C=O) groups is 1. The molecule has 33 heavy (non-hydrogen) atoms. The van der Waals surface area contributed by atoms with Gasteiger partial charge in [-0.1, -0.05) is 60.7 Å². The second-order valence-corrected chi connectivity index (χ2v) is 8.80. The first-order chi connectivity index (χ1) is 15.7. The zero-order valence-corrected chi connectivity index (χ0v) is 20.0. The summed E-state index contributed by atoms with van der Waals surface area (Å²) in [5, 5.41) is 2.95. The molecule has 5 rings (SSSR count). The third-order valence-corrected chi connectivity index (χ3v) is 6.75. The highest BCUT2D eigenvalue weighted by atomic mass is 35.5. The summed E-state index contributed by atoms with van der Waals surface area (Å²) in [4.78, 5) is 24.5. The van der Waals surface area contributed by atoms with Crippen LogP contribution in [0.3, 0.4) is 0 Å². The van der Waals surface area contributed by atoms with Gasteiger partial charge < -0.3 is 4.57 Å². The van der Waals surface area contributed by atoms with Crippen LogP contribution in [0.5, 0.6) is 0 Å². The van der Waals surface area contributed by atoms with E-state index >= 15 is 0 Å². The number of imidazole rings is 1. The second kappa shape index (κ2) is 10.1. The van der Waals surface area contributed by atoms with Crippen molar-refractivity contribution in [2.45, 2.75) is 26.3 Å². The SMILES string of the molecule is CCc1cccc2sc(N(CCCn3ccnc3)C(=O)c3ccc4ccccc4c3)nc12.Cl. The van der Waals surface area contributed by atoms with Crippen molar-refractivity contribution in [3.8, 4) is 0 Å². The van der Waals surface area contributed by atoms with Gasteiger partial charge in [0, 0.05) is 31.0 Å². The number of carbonyl (C=O) groups excluding carboxylic acids is 1. The third kappa shape index (κ3) is 4.77. The molecule has 7 heteroatoms. The molecule has 0 radical (unpaired) electrons. The average molecular weight is 477 g/mol. The largest absolute Gasteiger partial charge is 0.337 e. The van der Waals surface area contributed by atoms with Crippen LogP contribution in [0.1, 0.15) is 29.3 Å². The zero-order chi connectivity index (χ0) is 21.9. The number of nitrogens with zero attached hydrogens (tertiary/aromatic N) is 4. The van der Waals surface area contributed by atoms with Crippen LogP contribution in [0.25, 0.3) is 21.0 Å². The Morgan fingerprint density at radius 3 is 2.70 bits per heavy atom. The summed E-state index contributed by atoms with van der Waals surface area (Å²) in [5.74, 6) is -0.0153. The van der Waals surface area contributed by atoms with Gasteiger partial charge in [0.15, 0.2) is 5.13 Å². The Hall–Kier alpha value is -3.22. The summed E-state index contributed by atoms with van der Waals surface area (Å²) < 4.78 is 3.15. The standard InChI is InChI=1S/C26H24N4OS.ClH/c1-2-19-9-5-10-23-24(19)28-26(32-23)30(15-6-14-29-16-13-27-18-29)25(31)22-12-11-20-7-3-4-8-21(20)17-22;/h3-5,7-13,16-18H,2,6,14-15H2,1H3;1H. The first-order valence-corrected chi connectivity index (χ1v) is 11.7. The monoisotopic (exact) mass is 476 g/mol. The predicted molar refractivity (Wildman–Crippen MR) is 139 cm³/mol. The first kappa shape index (κ1) is 23.0. The number of aryl methyl sites for hydroxylation is 2. The summed E-state index contributed by atoms with van der Waals surface area (Å²) in [6.07, 6.45) is 7.26. The van der Waals surface area contributed by atoms with E-state index in [1.165, 1.54) is 5.56 Å². The Morgan fingerprint density at radius 1 is 1.06 bits per heavy atom. The number of aromatic nitrogens is 3. The number of para-hydroxylation sites is 1. The minimum Gasteiger partial charge on any atom is -0.337 e. The summed E-state index contributed by atoms with van der Waals surface area (Å²) in [7, 11) is 0. The van der Waals surface area contributed by atoms with E-state index in [4.69, 9.17) is 4.98 Å². The first-order valence-electron chi connectivity index (χ1n) is 10.9. The van der Waals surface area contributed by atoms with Crippen molar-refractivity contribution in [3.63, 3.8) is 0 Å². The maximum absolute atomic E-state index is 13.7. The van der Waals surface area contributed by atoms with E-state index in [1.54, 1.807) is 23.9 Å². The number of thiazole rings is 1. The highest BCUT2D eigenvalue weighted by Crippen LogP contribution is 2.32. The number of anilines is 1. The van der Waals surface area contributed by atoms with Gasteiger partial charge in [-0.25, -0.2) is 9.97 Å². The van der Waals surface area contributed by atoms with Crippen molar-refractivity contribution in [2.75, 3.05) is 11.4 Å². The van der Waals surface area contributed by atoms with Crippen molar-refractivity contribution in [1.29, 1.82) is 0 Å².